The number of carbonyl (C=O) groups excluding carboxylic acids is 4. The molecular weight excluding hydrogens is 516 g/mol. The van der Waals surface area contributed by atoms with Gasteiger partial charge in [-0.3, -0.25) is 19.3 Å². The summed E-state index contributed by atoms with van der Waals surface area (Å²) >= 11 is 1.58. The lowest BCUT2D eigenvalue weighted by Gasteiger charge is -2.39. The Hall–Kier alpha value is -2.07. The van der Waals surface area contributed by atoms with Crippen LogP contribution in [0.3, 0.4) is 0 Å². The molecule has 0 bridgehead atoms. The molecule has 10 heteroatoms. The molecule has 4 atom stereocenters. The summed E-state index contributed by atoms with van der Waals surface area (Å²) in [6.07, 6.45) is 7.02. The van der Waals surface area contributed by atoms with E-state index < -0.39 is 18.1 Å². The second kappa shape index (κ2) is 16.9. The Morgan fingerprint density at radius 3 is 2.21 bits per heavy atom. The molecule has 0 aromatic carbocycles. The molecule has 0 radical (unpaired) electrons. The van der Waals surface area contributed by atoms with Crippen molar-refractivity contribution in [3.05, 3.63) is 11.6 Å². The highest BCUT2D eigenvalue weighted by Gasteiger charge is 2.36. The van der Waals surface area contributed by atoms with E-state index in [1.54, 1.807) is 36.7 Å². The summed E-state index contributed by atoms with van der Waals surface area (Å²) in [5.41, 5.74) is 0.409. The van der Waals surface area contributed by atoms with Gasteiger partial charge in [0.15, 0.2) is 0 Å². The minimum absolute atomic E-state index is 0.00730. The Bertz CT molecular complexity index is 861. The number of esters is 1. The number of ether oxygens (including phenoxy) is 1. The number of piperidine rings is 1. The van der Waals surface area contributed by atoms with Crippen LogP contribution < -0.4 is 10.6 Å². The van der Waals surface area contributed by atoms with Gasteiger partial charge >= 0.3 is 5.97 Å². The predicted octanol–water partition coefficient (Wildman–Crippen LogP) is 3.23. The number of nitrogens with zero attached hydrogens (tertiary/aromatic N) is 2. The molecule has 0 aliphatic carbocycles. The Balaban J connectivity index is 3.09. The number of carbonyl (C=O) groups is 4. The lowest BCUT2D eigenvalue weighted by molar-refractivity contribution is -0.144. The van der Waals surface area contributed by atoms with E-state index in [0.29, 0.717) is 17.7 Å². The van der Waals surface area contributed by atoms with Gasteiger partial charge < -0.3 is 20.3 Å². The molecule has 2 N–H and O–H groups in total. The number of nitrogens with one attached hydrogen (secondary N) is 2. The molecule has 224 valence electrons. The Morgan fingerprint density at radius 1 is 1.05 bits per heavy atom. The molecule has 9 nitrogen and oxygen atoms in total. The van der Waals surface area contributed by atoms with Crippen molar-refractivity contribution in [3.8, 4) is 0 Å². The van der Waals surface area contributed by atoms with Crippen LogP contribution in [0.2, 0.25) is 0 Å². The molecule has 0 aromatic rings. The first-order valence-corrected chi connectivity index (χ1v) is 15.5. The average molecular weight is 569 g/mol. The predicted molar refractivity (Wildman–Crippen MR) is 158 cm³/mol. The van der Waals surface area contributed by atoms with E-state index in [2.05, 4.69) is 29.4 Å². The highest BCUT2D eigenvalue weighted by atomic mass is 32.2. The standard InChI is InChI=1S/C29H52N4O5S/c1-18(2)24(17-21(7)26(34)30-22(14-16-39-10)29(37)38-9)32(8)28(36)25(19(3)4)31-27(35)23-13-11-12-15-33(23)20(5)6/h17-20,22-25H,11-16H2,1-10H3,(H,30,34)(H,31,35)/b21-17+/t22-,23?,24+,25-/m0/s1. The highest BCUT2D eigenvalue weighted by molar-refractivity contribution is 7.98. The Morgan fingerprint density at radius 2 is 1.69 bits per heavy atom. The van der Waals surface area contributed by atoms with Crippen molar-refractivity contribution in [3.63, 3.8) is 0 Å². The SMILES string of the molecule is COC(=O)[C@H](CCSC)NC(=O)/C(C)=C/[C@H](C(C)C)N(C)C(=O)[C@@H](NC(=O)C1CCCCN1C(C)C)C(C)C. The molecule has 1 saturated heterocycles. The van der Waals surface area contributed by atoms with Crippen LogP contribution in [0, 0.1) is 11.8 Å². The minimum Gasteiger partial charge on any atom is -0.467 e. The largest absolute Gasteiger partial charge is 0.467 e. The summed E-state index contributed by atoms with van der Waals surface area (Å²) < 4.78 is 4.85. The quantitative estimate of drug-likeness (QED) is 0.245. The number of hydrogen-bond donors (Lipinski definition) is 2. The molecule has 1 rings (SSSR count). The van der Waals surface area contributed by atoms with E-state index in [1.165, 1.54) is 7.11 Å². The maximum absolute atomic E-state index is 13.7. The number of likely N-dealkylation sites (tertiary alicyclic amines) is 1. The van der Waals surface area contributed by atoms with Crippen molar-refractivity contribution in [1.29, 1.82) is 0 Å². The molecular formula is C29H52N4O5S. The van der Waals surface area contributed by atoms with Crippen LogP contribution in [0.25, 0.3) is 0 Å². The first-order valence-electron chi connectivity index (χ1n) is 14.2. The van der Waals surface area contributed by atoms with Crippen LogP contribution in [0.4, 0.5) is 0 Å². The molecule has 3 amide bonds. The monoisotopic (exact) mass is 568 g/mol. The second-order valence-electron chi connectivity index (χ2n) is 11.4. The normalized spacial score (nSPS) is 19.0. The molecule has 0 saturated carbocycles. The average Bonchev–Trinajstić information content (AvgIpc) is 2.90. The van der Waals surface area contributed by atoms with E-state index in [0.717, 1.165) is 25.8 Å². The van der Waals surface area contributed by atoms with E-state index >= 15 is 0 Å². The molecule has 0 spiro atoms. The lowest BCUT2D eigenvalue weighted by Crippen LogP contribution is -2.58. The van der Waals surface area contributed by atoms with E-state index in [1.807, 2.05) is 34.0 Å². The fourth-order valence-electron chi connectivity index (χ4n) is 4.97. The molecule has 1 fully saturated rings. The van der Waals surface area contributed by atoms with Crippen molar-refractivity contribution >= 4 is 35.5 Å². The van der Waals surface area contributed by atoms with Gasteiger partial charge in [-0.2, -0.15) is 11.8 Å². The highest BCUT2D eigenvalue weighted by Crippen LogP contribution is 2.21. The number of hydrogen-bond acceptors (Lipinski definition) is 7. The van der Waals surface area contributed by atoms with Gasteiger partial charge in [-0.25, -0.2) is 4.79 Å². The second-order valence-corrected chi connectivity index (χ2v) is 12.4. The van der Waals surface area contributed by atoms with Crippen molar-refractivity contribution in [2.45, 2.75) is 104 Å². The summed E-state index contributed by atoms with van der Waals surface area (Å²) in [7, 11) is 3.02. The summed E-state index contributed by atoms with van der Waals surface area (Å²) in [6.45, 7) is 14.6. The zero-order chi connectivity index (χ0) is 29.9. The van der Waals surface area contributed by atoms with Crippen LogP contribution in [0.15, 0.2) is 11.6 Å². The maximum Gasteiger partial charge on any atom is 0.328 e. The Labute approximate surface area is 240 Å². The van der Waals surface area contributed by atoms with Crippen molar-refractivity contribution < 1.29 is 23.9 Å². The summed E-state index contributed by atoms with van der Waals surface area (Å²) in [4.78, 5) is 56.1. The number of thioether (sulfide) groups is 1. The van der Waals surface area contributed by atoms with Gasteiger partial charge in [-0.05, 0) is 70.4 Å². The summed E-state index contributed by atoms with van der Waals surface area (Å²) in [6, 6.07) is -1.79. The zero-order valence-electron chi connectivity index (χ0n) is 25.7. The fourth-order valence-corrected chi connectivity index (χ4v) is 5.44. The van der Waals surface area contributed by atoms with Crippen LogP contribution in [0.5, 0.6) is 0 Å². The fraction of sp³-hybridized carbons (Fsp3) is 0.793. The van der Waals surface area contributed by atoms with Gasteiger partial charge in [-0.15, -0.1) is 0 Å². The van der Waals surface area contributed by atoms with Crippen LogP contribution in [-0.2, 0) is 23.9 Å². The molecule has 1 unspecified atom stereocenters. The topological polar surface area (TPSA) is 108 Å². The van der Waals surface area contributed by atoms with Crippen LogP contribution in [0.1, 0.15) is 74.1 Å². The van der Waals surface area contributed by atoms with Gasteiger partial charge in [0, 0.05) is 18.7 Å². The first-order chi connectivity index (χ1) is 18.3. The van der Waals surface area contributed by atoms with Gasteiger partial charge in [0.05, 0.1) is 19.2 Å². The summed E-state index contributed by atoms with van der Waals surface area (Å²) in [5, 5.41) is 5.83. The van der Waals surface area contributed by atoms with Gasteiger partial charge in [0.1, 0.15) is 12.1 Å². The van der Waals surface area contributed by atoms with E-state index in [-0.39, 0.29) is 47.7 Å². The van der Waals surface area contributed by atoms with Crippen molar-refractivity contribution in [2.24, 2.45) is 11.8 Å². The number of likely N-dealkylation sites (N-methyl/N-ethyl adjacent to an activating group) is 1. The third kappa shape index (κ3) is 10.4. The molecule has 1 heterocycles. The molecule has 0 aromatic heterocycles. The smallest absolute Gasteiger partial charge is 0.328 e. The number of methoxy groups -OCH3 is 1. The minimum atomic E-state index is -0.735. The number of amides is 3. The van der Waals surface area contributed by atoms with E-state index in [4.69, 9.17) is 4.74 Å². The molecule has 39 heavy (non-hydrogen) atoms. The molecule has 1 aliphatic heterocycles. The lowest BCUT2D eigenvalue weighted by atomic mass is 9.95. The Kier molecular flexibility index (Phi) is 15.1. The first kappa shape index (κ1) is 35.0. The van der Waals surface area contributed by atoms with Crippen molar-refractivity contribution in [1.82, 2.24) is 20.4 Å². The summed E-state index contributed by atoms with van der Waals surface area (Å²) in [5.74, 6) is -0.560. The maximum atomic E-state index is 13.7. The van der Waals surface area contributed by atoms with Gasteiger partial charge in [0.25, 0.3) is 0 Å². The molecule has 1 aliphatic rings. The van der Waals surface area contributed by atoms with Crippen molar-refractivity contribution in [2.75, 3.05) is 32.7 Å². The zero-order valence-corrected chi connectivity index (χ0v) is 26.5. The van der Waals surface area contributed by atoms with Crippen LogP contribution >= 0.6 is 11.8 Å². The van der Waals surface area contributed by atoms with E-state index in [9.17, 15) is 19.2 Å². The number of rotatable bonds is 14. The van der Waals surface area contributed by atoms with Gasteiger partial charge in [-0.1, -0.05) is 40.2 Å². The van der Waals surface area contributed by atoms with Gasteiger partial charge in [0.2, 0.25) is 17.7 Å². The third-order valence-electron chi connectivity index (χ3n) is 7.40. The van der Waals surface area contributed by atoms with Crippen LogP contribution in [-0.4, -0.2) is 96.4 Å². The third-order valence-corrected chi connectivity index (χ3v) is 8.04.